The van der Waals surface area contributed by atoms with Gasteiger partial charge in [-0.2, -0.15) is 0 Å². The molecule has 0 radical (unpaired) electrons. The quantitative estimate of drug-likeness (QED) is 0.171. The third-order valence-electron chi connectivity index (χ3n) is 10.6. The minimum absolute atomic E-state index is 0.653. The van der Waals surface area contributed by atoms with E-state index in [0.29, 0.717) is 17.5 Å². The summed E-state index contributed by atoms with van der Waals surface area (Å²) < 4.78 is 9.07. The molecule has 8 aromatic carbocycles. The molecule has 11 aromatic rings. The molecule has 0 fully saturated rings. The van der Waals surface area contributed by atoms with Gasteiger partial charge in [0.05, 0.1) is 0 Å². The van der Waals surface area contributed by atoms with E-state index in [1.54, 1.807) is 11.3 Å². The van der Waals surface area contributed by atoms with E-state index in [2.05, 4.69) is 121 Å². The molecule has 0 saturated carbocycles. The number of hydrogen-bond donors (Lipinski definition) is 0. The molecule has 0 N–H and O–H groups in total. The molecule has 0 spiro atoms. The second kappa shape index (κ2) is 13.3. The molecule has 3 aromatic heterocycles. The van der Waals surface area contributed by atoms with Crippen LogP contribution in [0, 0.1) is 0 Å². The van der Waals surface area contributed by atoms with E-state index in [4.69, 9.17) is 19.4 Å². The molecule has 0 bridgehead atoms. The van der Waals surface area contributed by atoms with Crippen molar-refractivity contribution in [3.8, 4) is 67.5 Å². The van der Waals surface area contributed by atoms with Gasteiger partial charge in [0.1, 0.15) is 11.2 Å². The van der Waals surface area contributed by atoms with E-state index in [-0.39, 0.29) is 0 Å². The van der Waals surface area contributed by atoms with Crippen molar-refractivity contribution in [2.75, 3.05) is 0 Å². The largest absolute Gasteiger partial charge is 0.455 e. The predicted molar refractivity (Wildman–Crippen MR) is 233 cm³/mol. The van der Waals surface area contributed by atoms with Crippen molar-refractivity contribution >= 4 is 53.4 Å². The smallest absolute Gasteiger partial charge is 0.165 e. The molecule has 5 heteroatoms. The Bertz CT molecular complexity index is 3170. The number of thiophene rings is 1. The number of aromatic nitrogens is 3. The van der Waals surface area contributed by atoms with Crippen molar-refractivity contribution in [3.05, 3.63) is 188 Å². The van der Waals surface area contributed by atoms with Crippen LogP contribution in [-0.2, 0) is 0 Å². The fourth-order valence-corrected chi connectivity index (χ4v) is 9.03. The maximum absolute atomic E-state index is 6.73. The first kappa shape index (κ1) is 32.2. The van der Waals surface area contributed by atoms with Gasteiger partial charge >= 0.3 is 0 Å². The predicted octanol–water partition coefficient (Wildman–Crippen LogP) is 14.1. The Balaban J connectivity index is 1.05. The van der Waals surface area contributed by atoms with Gasteiger partial charge in [-0.3, -0.25) is 0 Å². The van der Waals surface area contributed by atoms with Gasteiger partial charge in [0.15, 0.2) is 17.5 Å². The highest BCUT2D eigenvalue weighted by Gasteiger charge is 2.20. The lowest BCUT2D eigenvalue weighted by molar-refractivity contribution is 0.670. The zero-order chi connectivity index (χ0) is 37.0. The second-order valence-electron chi connectivity index (χ2n) is 13.9. The van der Waals surface area contributed by atoms with Crippen LogP contribution in [0.25, 0.3) is 110 Å². The molecule has 0 atom stereocenters. The fraction of sp³-hybridized carbons (Fsp3) is 0. The zero-order valence-corrected chi connectivity index (χ0v) is 30.9. The average Bonchev–Trinajstić information content (AvgIpc) is 3.86. The third kappa shape index (κ3) is 5.48. The monoisotopic (exact) mass is 733 g/mol. The van der Waals surface area contributed by atoms with Crippen LogP contribution in [0.15, 0.2) is 192 Å². The molecule has 0 saturated heterocycles. The van der Waals surface area contributed by atoms with Crippen molar-refractivity contribution in [2.24, 2.45) is 0 Å². The lowest BCUT2D eigenvalue weighted by atomic mass is 9.93. The van der Waals surface area contributed by atoms with Gasteiger partial charge in [0.25, 0.3) is 0 Å². The summed E-state index contributed by atoms with van der Waals surface area (Å²) in [5, 5.41) is 4.60. The molecule has 56 heavy (non-hydrogen) atoms. The Morgan fingerprint density at radius 3 is 1.62 bits per heavy atom. The molecule has 3 heterocycles. The van der Waals surface area contributed by atoms with Crippen LogP contribution < -0.4 is 0 Å². The Labute approximate surface area is 327 Å². The van der Waals surface area contributed by atoms with Crippen LogP contribution in [0.3, 0.4) is 0 Å². The van der Waals surface area contributed by atoms with Gasteiger partial charge in [0, 0.05) is 53.2 Å². The molecule has 0 aliphatic rings. The Hall–Kier alpha value is -7.21. The normalized spacial score (nSPS) is 11.6. The summed E-state index contributed by atoms with van der Waals surface area (Å²) in [4.78, 5) is 15.1. The Morgan fingerprint density at radius 1 is 0.357 bits per heavy atom. The highest BCUT2D eigenvalue weighted by Crippen LogP contribution is 2.45. The van der Waals surface area contributed by atoms with Crippen LogP contribution in [0.4, 0.5) is 0 Å². The van der Waals surface area contributed by atoms with Crippen molar-refractivity contribution in [1.29, 1.82) is 0 Å². The number of furan rings is 1. The molecule has 0 amide bonds. The first-order valence-corrected chi connectivity index (χ1v) is 19.5. The maximum atomic E-state index is 6.73. The summed E-state index contributed by atoms with van der Waals surface area (Å²) in [7, 11) is 0. The molecule has 0 aliphatic heterocycles. The summed E-state index contributed by atoms with van der Waals surface area (Å²) in [6.07, 6.45) is 0. The first-order valence-electron chi connectivity index (χ1n) is 18.7. The van der Waals surface area contributed by atoms with E-state index in [0.717, 1.165) is 65.6 Å². The van der Waals surface area contributed by atoms with Gasteiger partial charge < -0.3 is 4.42 Å². The van der Waals surface area contributed by atoms with E-state index in [9.17, 15) is 0 Å². The molecular weight excluding hydrogens is 703 g/mol. The number of hydrogen-bond acceptors (Lipinski definition) is 5. The number of para-hydroxylation sites is 1. The van der Waals surface area contributed by atoms with E-state index in [1.165, 1.54) is 26.6 Å². The number of fused-ring (bicyclic) bond motifs is 6. The molecular formula is C51H31N3OS. The first-order chi connectivity index (χ1) is 27.7. The summed E-state index contributed by atoms with van der Waals surface area (Å²) in [5.74, 6) is 1.96. The fourth-order valence-electron chi connectivity index (χ4n) is 7.84. The summed E-state index contributed by atoms with van der Waals surface area (Å²) in [6.45, 7) is 0. The Kier molecular flexibility index (Phi) is 7.64. The Morgan fingerprint density at radius 2 is 0.911 bits per heavy atom. The number of benzene rings is 8. The summed E-state index contributed by atoms with van der Waals surface area (Å²) in [6, 6.07) is 65.7. The summed E-state index contributed by atoms with van der Waals surface area (Å²) >= 11 is 1.77. The standard InChI is InChI=1S/C51H31N3OS/c1-4-13-32(14-5-1)33-23-25-34(26-24-33)38-28-29-39(47-46(38)41-19-10-11-22-44(41)55-47)37-27-30-45-43(31-37)40-20-12-21-42(48(40)56-45)51-53-49(35-15-6-2-7-16-35)52-50(54-51)36-17-8-3-9-18-36/h1-31H. The molecule has 0 aliphatic carbocycles. The zero-order valence-electron chi connectivity index (χ0n) is 30.1. The second-order valence-corrected chi connectivity index (χ2v) is 15.0. The van der Waals surface area contributed by atoms with Gasteiger partial charge in [-0.15, -0.1) is 11.3 Å². The van der Waals surface area contributed by atoms with Gasteiger partial charge in [-0.05, 0) is 58.1 Å². The SMILES string of the molecule is c1ccc(-c2ccc(-c3ccc(-c4ccc5sc6c(-c7nc(-c8ccccc8)nc(-c8ccccc8)n7)cccc6c5c4)c4oc5ccccc5c34)cc2)cc1. The van der Waals surface area contributed by atoms with Crippen LogP contribution in [0.5, 0.6) is 0 Å². The third-order valence-corrected chi connectivity index (χ3v) is 11.8. The van der Waals surface area contributed by atoms with Crippen molar-refractivity contribution in [3.63, 3.8) is 0 Å². The van der Waals surface area contributed by atoms with Crippen molar-refractivity contribution in [2.45, 2.75) is 0 Å². The average molecular weight is 734 g/mol. The topological polar surface area (TPSA) is 51.8 Å². The van der Waals surface area contributed by atoms with Crippen LogP contribution >= 0.6 is 11.3 Å². The van der Waals surface area contributed by atoms with Crippen molar-refractivity contribution < 1.29 is 4.42 Å². The number of rotatable bonds is 6. The molecule has 262 valence electrons. The summed E-state index contributed by atoms with van der Waals surface area (Å²) in [5.41, 5.74) is 11.6. The number of nitrogens with zero attached hydrogens (tertiary/aromatic N) is 3. The highest BCUT2D eigenvalue weighted by atomic mass is 32.1. The van der Waals surface area contributed by atoms with Gasteiger partial charge in [-0.25, -0.2) is 15.0 Å². The lowest BCUT2D eigenvalue weighted by Gasteiger charge is -2.10. The van der Waals surface area contributed by atoms with Crippen LogP contribution in [0.1, 0.15) is 0 Å². The molecule has 0 unspecified atom stereocenters. The van der Waals surface area contributed by atoms with E-state index >= 15 is 0 Å². The van der Waals surface area contributed by atoms with Crippen molar-refractivity contribution in [1.82, 2.24) is 15.0 Å². The van der Waals surface area contributed by atoms with Gasteiger partial charge in [-0.1, -0.05) is 158 Å². The lowest BCUT2D eigenvalue weighted by Crippen LogP contribution is -2.00. The molecule has 11 rings (SSSR count). The van der Waals surface area contributed by atoms with E-state index in [1.807, 2.05) is 66.7 Å². The molecule has 4 nitrogen and oxygen atoms in total. The van der Waals surface area contributed by atoms with Crippen LogP contribution in [-0.4, -0.2) is 15.0 Å². The maximum Gasteiger partial charge on any atom is 0.165 e. The van der Waals surface area contributed by atoms with Gasteiger partial charge in [0.2, 0.25) is 0 Å². The van der Waals surface area contributed by atoms with E-state index < -0.39 is 0 Å². The highest BCUT2D eigenvalue weighted by molar-refractivity contribution is 7.26. The van der Waals surface area contributed by atoms with Crippen LogP contribution in [0.2, 0.25) is 0 Å². The minimum Gasteiger partial charge on any atom is -0.455 e. The minimum atomic E-state index is 0.653.